The summed E-state index contributed by atoms with van der Waals surface area (Å²) in [6.45, 7) is 6.29. The van der Waals surface area contributed by atoms with Gasteiger partial charge in [0.25, 0.3) is 5.91 Å². The Balaban J connectivity index is 4.11. The normalized spacial score (nSPS) is 12.0. The third-order valence-electron chi connectivity index (χ3n) is 1.61. The Morgan fingerprint density at radius 3 is 2.64 bits per heavy atom. The van der Waals surface area contributed by atoms with Crippen LogP contribution in [0.25, 0.3) is 0 Å². The Labute approximate surface area is 87.7 Å². The lowest BCUT2D eigenvalue weighted by Gasteiger charge is -2.14. The molecule has 0 spiro atoms. The number of unbranched alkanes of at least 4 members (excludes halogenated alkanes) is 1. The van der Waals surface area contributed by atoms with Crippen molar-refractivity contribution < 1.29 is 9.22 Å². The van der Waals surface area contributed by atoms with Gasteiger partial charge in [0.2, 0.25) is 0 Å². The van der Waals surface area contributed by atoms with Crippen LogP contribution >= 0.6 is 0 Å². The predicted molar refractivity (Wildman–Crippen MR) is 60.2 cm³/mol. The summed E-state index contributed by atoms with van der Waals surface area (Å²) in [4.78, 5) is 10.5. The summed E-state index contributed by atoms with van der Waals surface area (Å²) in [5.74, 6) is 4.54. The van der Waals surface area contributed by atoms with Gasteiger partial charge in [0.15, 0.2) is 9.04 Å². The van der Waals surface area contributed by atoms with E-state index in [0.29, 0.717) is 0 Å². The third-order valence-corrected chi connectivity index (χ3v) is 2.49. The summed E-state index contributed by atoms with van der Waals surface area (Å²) < 4.78 is 5.66. The molecular weight excluding hydrogens is 194 g/mol. The van der Waals surface area contributed by atoms with Gasteiger partial charge >= 0.3 is 0 Å². The molecule has 0 aliphatic heterocycles. The van der Waals surface area contributed by atoms with Crippen LogP contribution in [-0.2, 0) is 9.22 Å². The van der Waals surface area contributed by atoms with Crippen molar-refractivity contribution in [3.8, 4) is 11.8 Å². The van der Waals surface area contributed by atoms with Crippen LogP contribution in [0.2, 0.25) is 13.1 Å². The first kappa shape index (κ1) is 13.2. The minimum atomic E-state index is -1.09. The van der Waals surface area contributed by atoms with Crippen LogP contribution in [0.15, 0.2) is 0 Å². The van der Waals surface area contributed by atoms with E-state index in [1.54, 1.807) is 0 Å². The first-order chi connectivity index (χ1) is 6.56. The summed E-state index contributed by atoms with van der Waals surface area (Å²) in [5.41, 5.74) is 4.94. The SMILES string of the molecule is CCCCC(C#CC(N)=O)O[SiH](C)C. The van der Waals surface area contributed by atoms with Crippen LogP contribution in [0.3, 0.4) is 0 Å². The molecule has 0 bridgehead atoms. The van der Waals surface area contributed by atoms with Crippen molar-refractivity contribution in [1.29, 1.82) is 0 Å². The highest BCUT2D eigenvalue weighted by Gasteiger charge is 2.07. The molecule has 0 radical (unpaired) electrons. The van der Waals surface area contributed by atoms with Gasteiger partial charge in [-0.1, -0.05) is 25.7 Å². The molecule has 0 heterocycles. The number of amides is 1. The van der Waals surface area contributed by atoms with Gasteiger partial charge in [-0.15, -0.1) is 0 Å². The molecule has 1 amide bonds. The van der Waals surface area contributed by atoms with Crippen molar-refractivity contribution in [2.75, 3.05) is 0 Å². The molecule has 0 aromatic heterocycles. The van der Waals surface area contributed by atoms with Gasteiger partial charge in [0, 0.05) is 0 Å². The Kier molecular flexibility index (Phi) is 7.17. The molecule has 1 unspecified atom stereocenters. The molecule has 0 saturated heterocycles. The summed E-state index contributed by atoms with van der Waals surface area (Å²) in [6, 6.07) is 0. The molecule has 2 N–H and O–H groups in total. The number of nitrogens with two attached hydrogens (primary N) is 1. The number of rotatable bonds is 5. The molecule has 0 aliphatic carbocycles. The summed E-state index contributed by atoms with van der Waals surface area (Å²) in [5, 5.41) is 0. The first-order valence-corrected chi connectivity index (χ1v) is 7.80. The lowest BCUT2D eigenvalue weighted by Crippen LogP contribution is -2.20. The van der Waals surface area contributed by atoms with Crippen LogP contribution in [0.4, 0.5) is 0 Å². The smallest absolute Gasteiger partial charge is 0.293 e. The zero-order valence-corrected chi connectivity index (χ0v) is 10.3. The Morgan fingerprint density at radius 1 is 1.57 bits per heavy atom. The maximum Gasteiger partial charge on any atom is 0.293 e. The van der Waals surface area contributed by atoms with Crippen molar-refractivity contribution in [3.05, 3.63) is 0 Å². The highest BCUT2D eigenvalue weighted by molar-refractivity contribution is 6.48. The number of carbonyl (C=O) groups excluding carboxylic acids is 1. The maximum atomic E-state index is 10.5. The largest absolute Gasteiger partial charge is 0.407 e. The van der Waals surface area contributed by atoms with Gasteiger partial charge in [0.05, 0.1) is 0 Å². The van der Waals surface area contributed by atoms with Crippen molar-refractivity contribution in [2.45, 2.75) is 45.4 Å². The standard InChI is InChI=1S/C10H19NO2Si/c1-4-5-6-9(13-14(2)3)7-8-10(11)12/h9,14H,4-6H2,1-3H3,(H2,11,12). The Bertz CT molecular complexity index is 230. The molecule has 1 atom stereocenters. The summed E-state index contributed by atoms with van der Waals surface area (Å²) >= 11 is 0. The van der Waals surface area contributed by atoms with Gasteiger partial charge < -0.3 is 10.2 Å². The maximum absolute atomic E-state index is 10.5. The quantitative estimate of drug-likeness (QED) is 0.548. The molecule has 80 valence electrons. The topological polar surface area (TPSA) is 52.3 Å². The molecule has 14 heavy (non-hydrogen) atoms. The van der Waals surface area contributed by atoms with Crippen LogP contribution in [-0.4, -0.2) is 21.1 Å². The number of primary amides is 1. The van der Waals surface area contributed by atoms with Crippen LogP contribution in [0, 0.1) is 11.8 Å². The van der Waals surface area contributed by atoms with E-state index in [9.17, 15) is 4.79 Å². The van der Waals surface area contributed by atoms with Crippen LogP contribution in [0.5, 0.6) is 0 Å². The van der Waals surface area contributed by atoms with E-state index >= 15 is 0 Å². The van der Waals surface area contributed by atoms with Crippen LogP contribution in [0.1, 0.15) is 26.2 Å². The fraction of sp³-hybridized carbons (Fsp3) is 0.700. The van der Waals surface area contributed by atoms with Crippen molar-refractivity contribution >= 4 is 14.9 Å². The van der Waals surface area contributed by atoms with E-state index in [2.05, 4.69) is 31.9 Å². The van der Waals surface area contributed by atoms with Gasteiger partial charge in [-0.3, -0.25) is 4.79 Å². The first-order valence-electron chi connectivity index (χ1n) is 5.02. The molecule has 0 aliphatic rings. The summed E-state index contributed by atoms with van der Waals surface area (Å²) in [7, 11) is -1.09. The number of carbonyl (C=O) groups is 1. The molecule has 0 aromatic rings. The molecule has 4 heteroatoms. The molecule has 3 nitrogen and oxygen atoms in total. The zero-order chi connectivity index (χ0) is 11.0. The van der Waals surface area contributed by atoms with Gasteiger partial charge in [-0.05, 0) is 25.4 Å². The minimum Gasteiger partial charge on any atom is -0.407 e. The Morgan fingerprint density at radius 2 is 2.21 bits per heavy atom. The van der Waals surface area contributed by atoms with E-state index in [-0.39, 0.29) is 6.10 Å². The van der Waals surface area contributed by atoms with E-state index in [1.807, 2.05) is 0 Å². The molecule has 0 aromatic carbocycles. The monoisotopic (exact) mass is 213 g/mol. The van der Waals surface area contributed by atoms with Gasteiger partial charge in [-0.25, -0.2) is 0 Å². The average Bonchev–Trinajstić information content (AvgIpc) is 2.09. The highest BCUT2D eigenvalue weighted by atomic mass is 28.3. The molecule has 0 rings (SSSR count). The lowest BCUT2D eigenvalue weighted by molar-refractivity contribution is -0.112. The van der Waals surface area contributed by atoms with E-state index in [0.717, 1.165) is 19.3 Å². The van der Waals surface area contributed by atoms with Gasteiger partial charge in [0.1, 0.15) is 6.10 Å². The Hall–Kier alpha value is -0.793. The molecular formula is C10H19NO2Si. The van der Waals surface area contributed by atoms with E-state index in [1.165, 1.54) is 0 Å². The third kappa shape index (κ3) is 7.84. The molecule has 0 saturated carbocycles. The van der Waals surface area contributed by atoms with Crippen molar-refractivity contribution in [1.82, 2.24) is 0 Å². The predicted octanol–water partition coefficient (Wildman–Crippen LogP) is 1.03. The molecule has 0 fully saturated rings. The lowest BCUT2D eigenvalue weighted by atomic mass is 10.2. The second kappa shape index (κ2) is 7.60. The fourth-order valence-corrected chi connectivity index (χ4v) is 1.91. The number of hydrogen-bond donors (Lipinski definition) is 1. The average molecular weight is 213 g/mol. The summed E-state index contributed by atoms with van der Waals surface area (Å²) in [6.07, 6.45) is 2.97. The second-order valence-corrected chi connectivity index (χ2v) is 5.82. The van der Waals surface area contributed by atoms with Crippen molar-refractivity contribution in [2.24, 2.45) is 5.73 Å². The van der Waals surface area contributed by atoms with Crippen LogP contribution < -0.4 is 5.73 Å². The van der Waals surface area contributed by atoms with E-state index in [4.69, 9.17) is 10.2 Å². The zero-order valence-electron chi connectivity index (χ0n) is 9.17. The fourth-order valence-electron chi connectivity index (χ4n) is 1.04. The second-order valence-electron chi connectivity index (χ2n) is 3.45. The minimum absolute atomic E-state index is 0.103. The highest BCUT2D eigenvalue weighted by Crippen LogP contribution is 2.05. The number of hydrogen-bond acceptors (Lipinski definition) is 2. The van der Waals surface area contributed by atoms with E-state index < -0.39 is 14.9 Å². The van der Waals surface area contributed by atoms with Crippen molar-refractivity contribution in [3.63, 3.8) is 0 Å². The van der Waals surface area contributed by atoms with Gasteiger partial charge in [-0.2, -0.15) is 0 Å².